The van der Waals surface area contributed by atoms with E-state index in [2.05, 4.69) is 202 Å². The SMILES string of the molecule is C#C/C(C)=C(\C=C/CC)/C=C(C)/C(=C/c1ccc(-c2ccc(/C=C(\c3ccccc3)c3ccc4ccccc4c3)cc2)cc1)c1ccccc1. The Kier molecular flexibility index (Phi) is 11.0. The number of benzene rings is 6. The Morgan fingerprint density at radius 1 is 0.580 bits per heavy atom. The zero-order valence-corrected chi connectivity index (χ0v) is 29.1. The third kappa shape index (κ3) is 8.27. The molecule has 0 unspecified atom stereocenters. The number of hydrogen-bond acceptors (Lipinski definition) is 0. The third-order valence-electron chi connectivity index (χ3n) is 8.99. The van der Waals surface area contributed by atoms with E-state index in [1.54, 1.807) is 0 Å². The fourth-order valence-corrected chi connectivity index (χ4v) is 6.15. The van der Waals surface area contributed by atoms with Gasteiger partial charge in [-0.1, -0.05) is 177 Å². The molecule has 242 valence electrons. The zero-order valence-electron chi connectivity index (χ0n) is 29.1. The van der Waals surface area contributed by atoms with E-state index in [-0.39, 0.29) is 0 Å². The Balaban J connectivity index is 1.30. The normalized spacial score (nSPS) is 13.0. The van der Waals surface area contributed by atoms with Gasteiger partial charge < -0.3 is 0 Å². The molecule has 6 rings (SSSR count). The molecule has 0 saturated heterocycles. The molecule has 0 nitrogen and oxygen atoms in total. The van der Waals surface area contributed by atoms with Crippen molar-refractivity contribution in [1.29, 1.82) is 0 Å². The molecule has 0 heteroatoms. The highest BCUT2D eigenvalue weighted by atomic mass is 14.1. The lowest BCUT2D eigenvalue weighted by Gasteiger charge is -2.12. The van der Waals surface area contributed by atoms with Crippen molar-refractivity contribution < 1.29 is 0 Å². The highest BCUT2D eigenvalue weighted by Crippen LogP contribution is 2.31. The summed E-state index contributed by atoms with van der Waals surface area (Å²) >= 11 is 0. The summed E-state index contributed by atoms with van der Waals surface area (Å²) in [5.41, 5.74) is 13.8. The molecule has 0 aromatic heterocycles. The van der Waals surface area contributed by atoms with Crippen molar-refractivity contribution in [2.75, 3.05) is 0 Å². The van der Waals surface area contributed by atoms with Gasteiger partial charge >= 0.3 is 0 Å². The summed E-state index contributed by atoms with van der Waals surface area (Å²) in [5.74, 6) is 2.82. The van der Waals surface area contributed by atoms with Crippen LogP contribution in [0.1, 0.15) is 55.0 Å². The van der Waals surface area contributed by atoms with Crippen molar-refractivity contribution in [3.8, 4) is 23.5 Å². The van der Waals surface area contributed by atoms with Crippen molar-refractivity contribution in [3.05, 3.63) is 214 Å². The summed E-state index contributed by atoms with van der Waals surface area (Å²) in [6.07, 6.45) is 17.8. The van der Waals surface area contributed by atoms with Crippen LogP contribution in [0.25, 0.3) is 45.2 Å². The van der Waals surface area contributed by atoms with E-state index in [4.69, 9.17) is 6.42 Å². The van der Waals surface area contributed by atoms with Gasteiger partial charge in [0.2, 0.25) is 0 Å². The molecule has 0 aliphatic rings. The molecule has 50 heavy (non-hydrogen) atoms. The van der Waals surface area contributed by atoms with Gasteiger partial charge in [0.05, 0.1) is 0 Å². The third-order valence-corrected chi connectivity index (χ3v) is 8.99. The molecule has 0 spiro atoms. The Labute approximate surface area is 298 Å². The van der Waals surface area contributed by atoms with Crippen LogP contribution in [0.2, 0.25) is 0 Å². The van der Waals surface area contributed by atoms with Crippen molar-refractivity contribution in [1.82, 2.24) is 0 Å². The monoisotopic (exact) mass is 642 g/mol. The van der Waals surface area contributed by atoms with E-state index >= 15 is 0 Å². The summed E-state index contributed by atoms with van der Waals surface area (Å²) in [5, 5.41) is 2.49. The van der Waals surface area contributed by atoms with Crippen molar-refractivity contribution in [2.45, 2.75) is 27.2 Å². The second-order valence-corrected chi connectivity index (χ2v) is 12.5. The number of allylic oxidation sites excluding steroid dienone is 7. The van der Waals surface area contributed by atoms with Crippen molar-refractivity contribution >= 4 is 34.1 Å². The van der Waals surface area contributed by atoms with E-state index in [0.29, 0.717) is 0 Å². The van der Waals surface area contributed by atoms with Gasteiger partial charge in [-0.05, 0) is 110 Å². The fourth-order valence-electron chi connectivity index (χ4n) is 6.15. The van der Waals surface area contributed by atoms with Gasteiger partial charge in [-0.15, -0.1) is 6.42 Å². The first-order valence-electron chi connectivity index (χ1n) is 17.3. The predicted molar refractivity (Wildman–Crippen MR) is 218 cm³/mol. The first-order chi connectivity index (χ1) is 24.5. The maximum absolute atomic E-state index is 5.80. The van der Waals surface area contributed by atoms with Crippen LogP contribution < -0.4 is 0 Å². The molecule has 0 aliphatic carbocycles. The Morgan fingerprint density at radius 3 is 1.74 bits per heavy atom. The van der Waals surface area contributed by atoms with Gasteiger partial charge in [-0.2, -0.15) is 0 Å². The van der Waals surface area contributed by atoms with Crippen LogP contribution in [0.15, 0.2) is 187 Å². The average molecular weight is 643 g/mol. The minimum absolute atomic E-state index is 0.928. The Bertz CT molecular complexity index is 2260. The lowest BCUT2D eigenvalue weighted by atomic mass is 9.93. The molecule has 6 aromatic carbocycles. The second-order valence-electron chi connectivity index (χ2n) is 12.5. The maximum Gasteiger partial charge on any atom is 0.00589 e. The van der Waals surface area contributed by atoms with Gasteiger partial charge in [0.1, 0.15) is 0 Å². The van der Waals surface area contributed by atoms with Crippen LogP contribution in [0.4, 0.5) is 0 Å². The largest absolute Gasteiger partial charge is 0.115 e. The molecular formula is C50H42. The summed E-state index contributed by atoms with van der Waals surface area (Å²) < 4.78 is 0. The molecule has 6 aromatic rings. The van der Waals surface area contributed by atoms with Crippen LogP contribution in [0.3, 0.4) is 0 Å². The van der Waals surface area contributed by atoms with E-state index in [9.17, 15) is 0 Å². The first-order valence-corrected chi connectivity index (χ1v) is 17.3. The summed E-state index contributed by atoms with van der Waals surface area (Å²) in [4.78, 5) is 0. The highest BCUT2D eigenvalue weighted by Gasteiger charge is 2.09. The zero-order chi connectivity index (χ0) is 34.7. The summed E-state index contributed by atoms with van der Waals surface area (Å²) in [6.45, 7) is 6.30. The molecule has 0 bridgehead atoms. The van der Waals surface area contributed by atoms with Crippen molar-refractivity contribution in [3.63, 3.8) is 0 Å². The van der Waals surface area contributed by atoms with Crippen molar-refractivity contribution in [2.24, 2.45) is 0 Å². The smallest absolute Gasteiger partial charge is 0.00589 e. The molecule has 0 heterocycles. The van der Waals surface area contributed by atoms with Crippen LogP contribution >= 0.6 is 0 Å². The van der Waals surface area contributed by atoms with Gasteiger partial charge in [0.15, 0.2) is 0 Å². The fraction of sp³-hybridized carbons (Fsp3) is 0.0800. The number of fused-ring (bicyclic) bond motifs is 1. The van der Waals surface area contributed by atoms with Gasteiger partial charge in [0, 0.05) is 5.57 Å². The van der Waals surface area contributed by atoms with Gasteiger partial charge in [0.25, 0.3) is 0 Å². The van der Waals surface area contributed by atoms with Crippen LogP contribution in [0.5, 0.6) is 0 Å². The van der Waals surface area contributed by atoms with E-state index in [1.165, 1.54) is 49.7 Å². The standard InChI is InChI=1S/C50H42/c1-5-7-16-46(37(3)6-2)33-38(4)49(44-18-10-8-11-19-44)34-39-23-27-42(28-24-39)43-29-25-40(26-30-43)35-50(45-20-12-9-13-21-45)48-32-31-41-17-14-15-22-47(41)36-48/h2,7-36H,5H2,1,3-4H3/b16-7-,38-33+,46-37+,49-34-,50-35+. The van der Waals surface area contributed by atoms with E-state index in [1.807, 2.05) is 6.92 Å². The summed E-state index contributed by atoms with van der Waals surface area (Å²) in [6, 6.07) is 54.1. The van der Waals surface area contributed by atoms with E-state index < -0.39 is 0 Å². The lowest BCUT2D eigenvalue weighted by Crippen LogP contribution is -1.90. The molecule has 0 atom stereocenters. The topological polar surface area (TPSA) is 0 Å². The number of rotatable bonds is 10. The summed E-state index contributed by atoms with van der Waals surface area (Å²) in [7, 11) is 0. The van der Waals surface area contributed by atoms with E-state index in [0.717, 1.165) is 34.3 Å². The van der Waals surface area contributed by atoms with Crippen LogP contribution in [-0.4, -0.2) is 0 Å². The minimum atomic E-state index is 0.928. The molecule has 0 aliphatic heterocycles. The maximum atomic E-state index is 5.80. The van der Waals surface area contributed by atoms with Gasteiger partial charge in [-0.3, -0.25) is 0 Å². The molecule has 0 saturated carbocycles. The molecule has 0 N–H and O–H groups in total. The lowest BCUT2D eigenvalue weighted by molar-refractivity contribution is 1.22. The Morgan fingerprint density at radius 2 is 1.14 bits per heavy atom. The molecule has 0 radical (unpaired) electrons. The predicted octanol–water partition coefficient (Wildman–Crippen LogP) is 13.5. The van der Waals surface area contributed by atoms with Gasteiger partial charge in [-0.25, -0.2) is 0 Å². The number of hydrogen-bond donors (Lipinski definition) is 0. The average Bonchev–Trinajstić information content (AvgIpc) is 3.18. The highest BCUT2D eigenvalue weighted by molar-refractivity contribution is 5.96. The molecule has 0 amide bonds. The van der Waals surface area contributed by atoms with Crippen LogP contribution in [-0.2, 0) is 0 Å². The quantitative estimate of drug-likeness (QED) is 0.0792. The Hall–Kier alpha value is -6.16. The number of terminal acetylenes is 1. The second kappa shape index (κ2) is 16.3. The van der Waals surface area contributed by atoms with Crippen LogP contribution in [0, 0.1) is 12.3 Å². The minimum Gasteiger partial charge on any atom is -0.115 e. The molecular weight excluding hydrogens is 601 g/mol. The first kappa shape index (κ1) is 33.7. The molecule has 0 fully saturated rings.